The van der Waals surface area contributed by atoms with Crippen LogP contribution < -0.4 is 20.1 Å². The van der Waals surface area contributed by atoms with Gasteiger partial charge in [0, 0.05) is 12.1 Å². The van der Waals surface area contributed by atoms with E-state index in [9.17, 15) is 14.4 Å². The van der Waals surface area contributed by atoms with Crippen LogP contribution in [0.4, 0.5) is 4.79 Å². The summed E-state index contributed by atoms with van der Waals surface area (Å²) in [6.45, 7) is 8.72. The molecular formula is C20H28N2O6. The van der Waals surface area contributed by atoms with Crippen molar-refractivity contribution in [3.05, 3.63) is 29.8 Å². The van der Waals surface area contributed by atoms with Crippen molar-refractivity contribution in [2.45, 2.75) is 52.9 Å². The summed E-state index contributed by atoms with van der Waals surface area (Å²) in [5.41, 5.74) is 0.693. The molecule has 0 spiro atoms. The highest BCUT2D eigenvalue weighted by molar-refractivity contribution is 5.98. The van der Waals surface area contributed by atoms with Gasteiger partial charge in [-0.1, -0.05) is 6.07 Å². The van der Waals surface area contributed by atoms with Crippen LogP contribution in [0.15, 0.2) is 24.3 Å². The first-order valence-corrected chi connectivity index (χ1v) is 8.97. The molecule has 8 nitrogen and oxygen atoms in total. The lowest BCUT2D eigenvalue weighted by atomic mass is 10.2. The van der Waals surface area contributed by atoms with Gasteiger partial charge < -0.3 is 19.5 Å². The van der Waals surface area contributed by atoms with Crippen molar-refractivity contribution in [2.75, 3.05) is 7.11 Å². The third-order valence-corrected chi connectivity index (χ3v) is 3.28. The fourth-order valence-electron chi connectivity index (χ4n) is 2.08. The third-order valence-electron chi connectivity index (χ3n) is 3.28. The number of ether oxygens (including phenoxy) is 3. The molecule has 1 aromatic carbocycles. The van der Waals surface area contributed by atoms with E-state index in [1.54, 1.807) is 32.0 Å². The molecule has 0 aromatic heterocycles. The van der Waals surface area contributed by atoms with E-state index in [1.165, 1.54) is 26.2 Å². The first kappa shape index (κ1) is 23.0. The van der Waals surface area contributed by atoms with Crippen LogP contribution in [0.1, 0.15) is 40.2 Å². The number of esters is 1. The Hall–Kier alpha value is -3.03. The van der Waals surface area contributed by atoms with E-state index in [4.69, 9.17) is 14.2 Å². The molecule has 1 aromatic rings. The summed E-state index contributed by atoms with van der Waals surface area (Å²) in [4.78, 5) is 35.3. The molecule has 0 saturated carbocycles. The number of benzene rings is 1. The van der Waals surface area contributed by atoms with Gasteiger partial charge in [-0.3, -0.25) is 10.1 Å². The fourth-order valence-corrected chi connectivity index (χ4v) is 2.08. The Balaban J connectivity index is 2.65. The average molecular weight is 392 g/mol. The molecule has 2 N–H and O–H groups in total. The van der Waals surface area contributed by atoms with Gasteiger partial charge in [-0.25, -0.2) is 9.59 Å². The van der Waals surface area contributed by atoms with Gasteiger partial charge in [-0.2, -0.15) is 0 Å². The molecule has 3 amide bonds. The maximum absolute atomic E-state index is 11.9. The Morgan fingerprint density at radius 3 is 2.29 bits per heavy atom. The zero-order valence-corrected chi connectivity index (χ0v) is 17.1. The molecule has 0 fully saturated rings. The van der Waals surface area contributed by atoms with Crippen LogP contribution in [0, 0.1) is 0 Å². The van der Waals surface area contributed by atoms with Crippen molar-refractivity contribution in [1.29, 1.82) is 0 Å². The van der Waals surface area contributed by atoms with Gasteiger partial charge in [0.25, 0.3) is 5.91 Å². The Labute approximate surface area is 165 Å². The molecule has 0 radical (unpaired) electrons. The third kappa shape index (κ3) is 8.11. The van der Waals surface area contributed by atoms with Gasteiger partial charge in [-0.05, 0) is 58.4 Å². The Bertz CT molecular complexity index is 727. The van der Waals surface area contributed by atoms with E-state index in [-0.39, 0.29) is 12.1 Å². The summed E-state index contributed by atoms with van der Waals surface area (Å²) in [6.07, 6.45) is 1.60. The molecule has 0 aliphatic rings. The number of carbonyl (C=O) groups excluding carboxylic acids is 3. The molecule has 8 heteroatoms. The number of nitrogens with one attached hydrogen (secondary N) is 2. The lowest BCUT2D eigenvalue weighted by Crippen LogP contribution is -2.46. The van der Waals surface area contributed by atoms with Crippen LogP contribution in [0.2, 0.25) is 0 Å². The van der Waals surface area contributed by atoms with E-state index in [1.807, 2.05) is 13.8 Å². The summed E-state index contributed by atoms with van der Waals surface area (Å²) in [5, 5.41) is 4.61. The summed E-state index contributed by atoms with van der Waals surface area (Å²) >= 11 is 0. The van der Waals surface area contributed by atoms with Crippen molar-refractivity contribution in [1.82, 2.24) is 10.6 Å². The monoisotopic (exact) mass is 392 g/mol. The van der Waals surface area contributed by atoms with E-state index in [2.05, 4.69) is 10.6 Å². The zero-order chi connectivity index (χ0) is 21.3. The number of urea groups is 1. The number of hydrogen-bond donors (Lipinski definition) is 2. The minimum atomic E-state index is -1.12. The van der Waals surface area contributed by atoms with Crippen LogP contribution in [0.5, 0.6) is 11.5 Å². The molecule has 0 unspecified atom stereocenters. The largest absolute Gasteiger partial charge is 0.493 e. The Morgan fingerprint density at radius 1 is 1.04 bits per heavy atom. The van der Waals surface area contributed by atoms with Crippen molar-refractivity contribution < 1.29 is 28.6 Å². The number of imide groups is 1. The van der Waals surface area contributed by atoms with Gasteiger partial charge in [0.15, 0.2) is 17.6 Å². The molecular weight excluding hydrogens is 364 g/mol. The van der Waals surface area contributed by atoms with Crippen LogP contribution in [0.3, 0.4) is 0 Å². The van der Waals surface area contributed by atoms with Gasteiger partial charge in [-0.15, -0.1) is 0 Å². The number of amides is 3. The molecule has 154 valence electrons. The van der Waals surface area contributed by atoms with Crippen LogP contribution in [0.25, 0.3) is 6.08 Å². The molecule has 28 heavy (non-hydrogen) atoms. The molecule has 0 aliphatic carbocycles. The van der Waals surface area contributed by atoms with Crippen molar-refractivity contribution in [3.63, 3.8) is 0 Å². The fraction of sp³-hybridized carbons (Fsp3) is 0.450. The number of hydrogen-bond acceptors (Lipinski definition) is 6. The quantitative estimate of drug-likeness (QED) is 0.521. The summed E-state index contributed by atoms with van der Waals surface area (Å²) in [7, 11) is 1.53. The second kappa shape index (κ2) is 11.0. The first-order valence-electron chi connectivity index (χ1n) is 8.97. The average Bonchev–Trinajstić information content (AvgIpc) is 2.59. The number of carbonyl (C=O) groups is 3. The molecule has 1 atom stereocenters. The standard InChI is InChI=1S/C20H28N2O6/c1-12(2)21-20(25)22-19(24)14(5)28-18(23)10-8-15-7-9-16(27-13(3)4)17(11-15)26-6/h7-14H,1-6H3,(H2,21,22,24,25)/b10-8+/t14-/m0/s1. The van der Waals surface area contributed by atoms with E-state index >= 15 is 0 Å². The smallest absolute Gasteiger partial charge is 0.331 e. The topological polar surface area (TPSA) is 103 Å². The minimum absolute atomic E-state index is 0.000485. The van der Waals surface area contributed by atoms with Gasteiger partial charge in [0.2, 0.25) is 0 Å². The van der Waals surface area contributed by atoms with Crippen LogP contribution >= 0.6 is 0 Å². The predicted octanol–water partition coefficient (Wildman–Crippen LogP) is 2.66. The lowest BCUT2D eigenvalue weighted by molar-refractivity contribution is -0.149. The lowest BCUT2D eigenvalue weighted by Gasteiger charge is -2.14. The highest BCUT2D eigenvalue weighted by Crippen LogP contribution is 2.29. The van der Waals surface area contributed by atoms with Gasteiger partial charge >= 0.3 is 12.0 Å². The van der Waals surface area contributed by atoms with Crippen molar-refractivity contribution in [2.24, 2.45) is 0 Å². The summed E-state index contributed by atoms with van der Waals surface area (Å²) in [6, 6.07) is 4.45. The normalized spacial score (nSPS) is 12.0. The maximum atomic E-state index is 11.9. The minimum Gasteiger partial charge on any atom is -0.493 e. The van der Waals surface area contributed by atoms with Crippen LogP contribution in [-0.4, -0.2) is 43.3 Å². The number of rotatable bonds is 8. The second-order valence-electron chi connectivity index (χ2n) is 6.61. The zero-order valence-electron chi connectivity index (χ0n) is 17.1. The molecule has 1 rings (SSSR count). The van der Waals surface area contributed by atoms with Gasteiger partial charge in [0.05, 0.1) is 13.2 Å². The summed E-state index contributed by atoms with van der Waals surface area (Å²) in [5.74, 6) is -0.291. The van der Waals surface area contributed by atoms with E-state index in [0.29, 0.717) is 17.1 Å². The molecule has 0 heterocycles. The van der Waals surface area contributed by atoms with Crippen molar-refractivity contribution >= 4 is 24.0 Å². The van der Waals surface area contributed by atoms with E-state index in [0.717, 1.165) is 0 Å². The second-order valence-corrected chi connectivity index (χ2v) is 6.61. The Morgan fingerprint density at radius 2 is 1.71 bits per heavy atom. The molecule has 0 aliphatic heterocycles. The summed E-state index contributed by atoms with van der Waals surface area (Å²) < 4.78 is 15.9. The predicted molar refractivity (Wildman–Crippen MR) is 105 cm³/mol. The first-order chi connectivity index (χ1) is 13.1. The highest BCUT2D eigenvalue weighted by atomic mass is 16.5. The van der Waals surface area contributed by atoms with Crippen molar-refractivity contribution in [3.8, 4) is 11.5 Å². The van der Waals surface area contributed by atoms with Crippen LogP contribution in [-0.2, 0) is 14.3 Å². The SMILES string of the molecule is COc1cc(/C=C/C(=O)O[C@@H](C)C(=O)NC(=O)NC(C)C)ccc1OC(C)C. The van der Waals surface area contributed by atoms with E-state index < -0.39 is 24.0 Å². The molecule has 0 saturated heterocycles. The van der Waals surface area contributed by atoms with Gasteiger partial charge in [0.1, 0.15) is 0 Å². The highest BCUT2D eigenvalue weighted by Gasteiger charge is 2.19. The Kier molecular flexibility index (Phi) is 9.01. The maximum Gasteiger partial charge on any atom is 0.331 e. The molecule has 0 bridgehead atoms. The number of methoxy groups -OCH3 is 1.